The van der Waals surface area contributed by atoms with Crippen LogP contribution in [0.2, 0.25) is 0 Å². The summed E-state index contributed by atoms with van der Waals surface area (Å²) in [7, 11) is 2.15. The van der Waals surface area contributed by atoms with Crippen LogP contribution >= 0.6 is 0 Å². The average molecular weight is 247 g/mol. The second-order valence-electron chi connectivity index (χ2n) is 5.57. The van der Waals surface area contributed by atoms with Gasteiger partial charge in [0.15, 0.2) is 0 Å². The van der Waals surface area contributed by atoms with Crippen LogP contribution in [-0.2, 0) is 0 Å². The van der Waals surface area contributed by atoms with E-state index in [1.165, 1.54) is 19.3 Å². The normalized spacial score (nSPS) is 19.6. The summed E-state index contributed by atoms with van der Waals surface area (Å²) in [6.07, 6.45) is 4.72. The largest absolute Gasteiger partial charge is 0.387 e. The lowest BCUT2D eigenvalue weighted by atomic mass is 9.84. The van der Waals surface area contributed by atoms with Crippen LogP contribution in [0.3, 0.4) is 0 Å². The fourth-order valence-corrected chi connectivity index (χ4v) is 2.87. The standard InChI is InChI=1S/C16H25NO/c1-3-15(17(2)12-13-8-7-9-13)16(18)14-10-5-4-6-11-14/h4-6,10-11,13,15-16,18H,3,7-9,12H2,1-2H3. The third-order valence-corrected chi connectivity index (χ3v) is 4.26. The van der Waals surface area contributed by atoms with Gasteiger partial charge in [-0.3, -0.25) is 0 Å². The molecule has 1 N–H and O–H groups in total. The quantitative estimate of drug-likeness (QED) is 0.834. The van der Waals surface area contributed by atoms with Crippen molar-refractivity contribution in [2.75, 3.05) is 13.6 Å². The highest BCUT2D eigenvalue weighted by Crippen LogP contribution is 2.29. The van der Waals surface area contributed by atoms with Crippen LogP contribution < -0.4 is 0 Å². The molecule has 1 saturated carbocycles. The lowest BCUT2D eigenvalue weighted by Crippen LogP contribution is -2.40. The number of rotatable bonds is 6. The molecule has 0 aliphatic heterocycles. The molecule has 1 fully saturated rings. The van der Waals surface area contributed by atoms with Crippen molar-refractivity contribution in [3.63, 3.8) is 0 Å². The predicted octanol–water partition coefficient (Wildman–Crippen LogP) is 3.23. The van der Waals surface area contributed by atoms with Gasteiger partial charge in [0.05, 0.1) is 6.10 Å². The van der Waals surface area contributed by atoms with Crippen LogP contribution in [0.1, 0.15) is 44.3 Å². The van der Waals surface area contributed by atoms with Gasteiger partial charge in [0.25, 0.3) is 0 Å². The van der Waals surface area contributed by atoms with E-state index >= 15 is 0 Å². The first-order valence-electron chi connectivity index (χ1n) is 7.15. The van der Waals surface area contributed by atoms with E-state index in [4.69, 9.17) is 0 Å². The highest BCUT2D eigenvalue weighted by molar-refractivity contribution is 5.18. The van der Waals surface area contributed by atoms with Crippen LogP contribution in [0.4, 0.5) is 0 Å². The van der Waals surface area contributed by atoms with Crippen LogP contribution in [0.25, 0.3) is 0 Å². The first kappa shape index (κ1) is 13.6. The number of aliphatic hydroxyl groups excluding tert-OH is 1. The van der Waals surface area contributed by atoms with Gasteiger partial charge in [-0.15, -0.1) is 0 Å². The molecule has 0 aromatic heterocycles. The number of likely N-dealkylation sites (N-methyl/N-ethyl adjacent to an activating group) is 1. The van der Waals surface area contributed by atoms with Crippen molar-refractivity contribution in [2.24, 2.45) is 5.92 Å². The molecule has 1 aromatic carbocycles. The maximum absolute atomic E-state index is 10.5. The molecule has 1 aliphatic rings. The van der Waals surface area contributed by atoms with Gasteiger partial charge in [-0.25, -0.2) is 0 Å². The molecule has 0 spiro atoms. The fourth-order valence-electron chi connectivity index (χ4n) is 2.87. The minimum absolute atomic E-state index is 0.230. The van der Waals surface area contributed by atoms with E-state index in [0.29, 0.717) is 0 Å². The van der Waals surface area contributed by atoms with E-state index in [-0.39, 0.29) is 12.1 Å². The van der Waals surface area contributed by atoms with Crippen molar-refractivity contribution in [3.05, 3.63) is 35.9 Å². The highest BCUT2D eigenvalue weighted by Gasteiger charge is 2.27. The van der Waals surface area contributed by atoms with Gasteiger partial charge in [0.2, 0.25) is 0 Å². The van der Waals surface area contributed by atoms with Gasteiger partial charge < -0.3 is 10.0 Å². The Bertz CT molecular complexity index is 347. The maximum atomic E-state index is 10.5. The van der Waals surface area contributed by atoms with Gasteiger partial charge in [0.1, 0.15) is 0 Å². The Hall–Kier alpha value is -0.860. The zero-order chi connectivity index (χ0) is 13.0. The Morgan fingerprint density at radius 3 is 2.44 bits per heavy atom. The summed E-state index contributed by atoms with van der Waals surface area (Å²) in [6.45, 7) is 3.29. The Morgan fingerprint density at radius 2 is 1.94 bits per heavy atom. The van der Waals surface area contributed by atoms with Crippen LogP contribution in [0, 0.1) is 5.92 Å². The molecule has 0 heterocycles. The van der Waals surface area contributed by atoms with Crippen molar-refractivity contribution >= 4 is 0 Å². The first-order valence-corrected chi connectivity index (χ1v) is 7.15. The molecule has 2 atom stereocenters. The van der Waals surface area contributed by atoms with Crippen molar-refractivity contribution < 1.29 is 5.11 Å². The lowest BCUT2D eigenvalue weighted by Gasteiger charge is -2.36. The van der Waals surface area contributed by atoms with Crippen LogP contribution in [0.15, 0.2) is 30.3 Å². The minimum Gasteiger partial charge on any atom is -0.387 e. The Kier molecular flexibility index (Phi) is 4.79. The molecule has 2 rings (SSSR count). The first-order chi connectivity index (χ1) is 8.72. The summed E-state index contributed by atoms with van der Waals surface area (Å²) in [5, 5.41) is 10.5. The molecule has 0 saturated heterocycles. The van der Waals surface area contributed by atoms with E-state index in [2.05, 4.69) is 18.9 Å². The number of aliphatic hydroxyl groups is 1. The molecule has 0 radical (unpaired) electrons. The van der Waals surface area contributed by atoms with Crippen LogP contribution in [-0.4, -0.2) is 29.6 Å². The molecular weight excluding hydrogens is 222 g/mol. The van der Waals surface area contributed by atoms with Crippen molar-refractivity contribution in [3.8, 4) is 0 Å². The van der Waals surface area contributed by atoms with E-state index in [1.54, 1.807) is 0 Å². The topological polar surface area (TPSA) is 23.5 Å². The number of benzene rings is 1. The number of nitrogens with zero attached hydrogens (tertiary/aromatic N) is 1. The summed E-state index contributed by atoms with van der Waals surface area (Å²) in [6, 6.07) is 10.3. The average Bonchev–Trinajstić information content (AvgIpc) is 2.35. The highest BCUT2D eigenvalue weighted by atomic mass is 16.3. The summed E-state index contributed by atoms with van der Waals surface area (Å²) < 4.78 is 0. The maximum Gasteiger partial charge on any atom is 0.0944 e. The summed E-state index contributed by atoms with van der Waals surface area (Å²) in [5.41, 5.74) is 1.03. The fraction of sp³-hybridized carbons (Fsp3) is 0.625. The summed E-state index contributed by atoms with van der Waals surface area (Å²) in [5.74, 6) is 0.854. The van der Waals surface area contributed by atoms with Gasteiger partial charge >= 0.3 is 0 Å². The summed E-state index contributed by atoms with van der Waals surface area (Å²) in [4.78, 5) is 2.35. The van der Waals surface area contributed by atoms with Crippen molar-refractivity contribution in [1.29, 1.82) is 0 Å². The van der Waals surface area contributed by atoms with E-state index in [9.17, 15) is 5.11 Å². The smallest absolute Gasteiger partial charge is 0.0944 e. The molecular formula is C16H25NO. The molecule has 100 valence electrons. The van der Waals surface area contributed by atoms with Gasteiger partial charge in [-0.05, 0) is 37.8 Å². The molecule has 1 aromatic rings. The molecule has 0 bridgehead atoms. The zero-order valence-electron chi connectivity index (χ0n) is 11.5. The molecule has 1 aliphatic carbocycles. The Balaban J connectivity index is 1.98. The molecule has 18 heavy (non-hydrogen) atoms. The Labute approximate surface area is 111 Å². The van der Waals surface area contributed by atoms with Gasteiger partial charge in [-0.1, -0.05) is 43.7 Å². The lowest BCUT2D eigenvalue weighted by molar-refractivity contribution is 0.0440. The second kappa shape index (κ2) is 6.35. The van der Waals surface area contributed by atoms with Gasteiger partial charge in [0, 0.05) is 12.6 Å². The van der Waals surface area contributed by atoms with Crippen molar-refractivity contribution in [2.45, 2.75) is 44.8 Å². The predicted molar refractivity (Wildman–Crippen MR) is 75.5 cm³/mol. The molecule has 2 heteroatoms. The van der Waals surface area contributed by atoms with E-state index in [1.807, 2.05) is 30.3 Å². The molecule has 2 nitrogen and oxygen atoms in total. The zero-order valence-corrected chi connectivity index (χ0v) is 11.5. The SMILES string of the molecule is CCC(C(O)c1ccccc1)N(C)CC1CCC1. The third-order valence-electron chi connectivity index (χ3n) is 4.26. The number of hydrogen-bond donors (Lipinski definition) is 1. The minimum atomic E-state index is -0.374. The molecule has 2 unspecified atom stereocenters. The third kappa shape index (κ3) is 3.12. The van der Waals surface area contributed by atoms with E-state index in [0.717, 1.165) is 24.4 Å². The van der Waals surface area contributed by atoms with E-state index < -0.39 is 0 Å². The van der Waals surface area contributed by atoms with Crippen molar-refractivity contribution in [1.82, 2.24) is 4.90 Å². The van der Waals surface area contributed by atoms with Gasteiger partial charge in [-0.2, -0.15) is 0 Å². The van der Waals surface area contributed by atoms with Crippen LogP contribution in [0.5, 0.6) is 0 Å². The second-order valence-corrected chi connectivity index (χ2v) is 5.57. The summed E-state index contributed by atoms with van der Waals surface area (Å²) >= 11 is 0. The Morgan fingerprint density at radius 1 is 1.28 bits per heavy atom. The number of hydrogen-bond acceptors (Lipinski definition) is 2. The monoisotopic (exact) mass is 247 g/mol. The molecule has 0 amide bonds.